The Labute approximate surface area is 317 Å². The molecule has 3 aromatic heterocycles. The smallest absolute Gasteiger partial charge is 0.165 e. The fourth-order valence-electron chi connectivity index (χ4n) is 9.03. The quantitative estimate of drug-likeness (QED) is 0.151. The van der Waals surface area contributed by atoms with Crippen molar-refractivity contribution in [1.82, 2.24) is 39.9 Å². The molecule has 0 unspecified atom stereocenters. The Morgan fingerprint density at radius 1 is 0.250 bits per heavy atom. The molecular formula is C48H26N8. The van der Waals surface area contributed by atoms with Gasteiger partial charge in [0.15, 0.2) is 23.3 Å². The molecule has 0 fully saturated rings. The van der Waals surface area contributed by atoms with Crippen LogP contribution in [0.2, 0.25) is 0 Å². The van der Waals surface area contributed by atoms with Crippen LogP contribution < -0.4 is 0 Å². The highest BCUT2D eigenvalue weighted by Crippen LogP contribution is 2.46. The number of benzene rings is 8. The fourth-order valence-corrected chi connectivity index (χ4v) is 9.03. The van der Waals surface area contributed by atoms with E-state index >= 15 is 0 Å². The van der Waals surface area contributed by atoms with E-state index in [2.05, 4.69) is 131 Å². The molecule has 56 heavy (non-hydrogen) atoms. The van der Waals surface area contributed by atoms with Crippen LogP contribution in [0, 0.1) is 0 Å². The second-order valence-corrected chi connectivity index (χ2v) is 14.4. The number of aromatic amines is 2. The van der Waals surface area contributed by atoms with Crippen LogP contribution in [-0.4, -0.2) is 39.9 Å². The van der Waals surface area contributed by atoms with Gasteiger partial charge in [0.2, 0.25) is 0 Å². The van der Waals surface area contributed by atoms with Crippen molar-refractivity contribution in [3.63, 3.8) is 0 Å². The summed E-state index contributed by atoms with van der Waals surface area (Å²) in [7, 11) is 0. The standard InChI is InChI=1S/C48H26N8/c1-5-17-29-25(13-1)27-15-3-7-19-31(27)39-37(29)45-52-43-35-23-11-9-21-33(35)41(50-43)49-42-34-22-10-12-24-36(34)44(51-42)53-46-38-30-18-6-2-14-26(30)28-16-4-8-20-32(28)40(38)48(55-46)56-47(39)54-45/h1-24H,(H2,49,50,51,52,53,54,55,56). The van der Waals surface area contributed by atoms with Crippen molar-refractivity contribution in [2.24, 2.45) is 0 Å². The number of rotatable bonds is 0. The zero-order valence-corrected chi connectivity index (χ0v) is 29.5. The van der Waals surface area contributed by atoms with Crippen LogP contribution in [0.25, 0.3) is 133 Å². The minimum atomic E-state index is 0.579. The average molecular weight is 715 g/mol. The second kappa shape index (κ2) is 10.9. The molecule has 8 aromatic carbocycles. The van der Waals surface area contributed by atoms with E-state index in [1.165, 1.54) is 0 Å². The zero-order chi connectivity index (χ0) is 36.5. The van der Waals surface area contributed by atoms with Crippen molar-refractivity contribution in [1.29, 1.82) is 0 Å². The summed E-state index contributed by atoms with van der Waals surface area (Å²) in [5.74, 6) is 2.33. The molecule has 8 bridgehead atoms. The third-order valence-electron chi connectivity index (χ3n) is 11.4. The molecule has 0 saturated heterocycles. The lowest BCUT2D eigenvalue weighted by molar-refractivity contribution is 1.19. The van der Waals surface area contributed by atoms with Gasteiger partial charge in [0.1, 0.15) is 22.6 Å². The molecule has 2 aliphatic rings. The molecule has 2 aliphatic heterocycles. The Morgan fingerprint density at radius 3 is 1.04 bits per heavy atom. The number of nitrogens with one attached hydrogen (secondary N) is 2. The van der Waals surface area contributed by atoms with E-state index in [-0.39, 0.29) is 0 Å². The molecule has 13 rings (SSSR count). The Balaban J connectivity index is 1.31. The van der Waals surface area contributed by atoms with Crippen LogP contribution in [0.1, 0.15) is 0 Å². The van der Waals surface area contributed by atoms with Crippen molar-refractivity contribution in [2.45, 2.75) is 0 Å². The first-order valence-electron chi connectivity index (χ1n) is 18.6. The number of H-pyrrole nitrogens is 2. The van der Waals surface area contributed by atoms with E-state index in [9.17, 15) is 0 Å². The SMILES string of the molecule is c1ccc2c(c1)-c1nc-2nc2[nH]c(nc3nc(nc4[nH]c(n1)c1ccccc41)-c1c-3c3ccccc3c3ccccc13)c1c3ccccc3c3ccccc3c21. The van der Waals surface area contributed by atoms with Gasteiger partial charge in [0.25, 0.3) is 0 Å². The van der Waals surface area contributed by atoms with Crippen LogP contribution >= 0.6 is 0 Å². The molecule has 0 atom stereocenters. The third kappa shape index (κ3) is 3.96. The average Bonchev–Trinajstić information content (AvgIpc) is 4.00. The van der Waals surface area contributed by atoms with Crippen molar-refractivity contribution >= 4 is 87.2 Å². The van der Waals surface area contributed by atoms with Gasteiger partial charge < -0.3 is 9.97 Å². The Morgan fingerprint density at radius 2 is 0.554 bits per heavy atom. The Bertz CT molecular complexity index is 3730. The molecule has 8 nitrogen and oxygen atoms in total. The predicted molar refractivity (Wildman–Crippen MR) is 226 cm³/mol. The van der Waals surface area contributed by atoms with Gasteiger partial charge in [-0.05, 0) is 43.1 Å². The van der Waals surface area contributed by atoms with Gasteiger partial charge in [-0.3, -0.25) is 0 Å². The van der Waals surface area contributed by atoms with Gasteiger partial charge in [-0.1, -0.05) is 146 Å². The maximum absolute atomic E-state index is 5.53. The second-order valence-electron chi connectivity index (χ2n) is 14.4. The van der Waals surface area contributed by atoms with Gasteiger partial charge in [-0.2, -0.15) is 0 Å². The normalized spacial score (nSPS) is 12.3. The van der Waals surface area contributed by atoms with E-state index in [0.29, 0.717) is 45.9 Å². The molecule has 5 heterocycles. The van der Waals surface area contributed by atoms with Crippen molar-refractivity contribution in [3.8, 4) is 45.6 Å². The summed E-state index contributed by atoms with van der Waals surface area (Å²) in [5, 5.41) is 12.7. The molecule has 0 spiro atoms. The lowest BCUT2D eigenvalue weighted by atomic mass is 9.92. The van der Waals surface area contributed by atoms with Gasteiger partial charge >= 0.3 is 0 Å². The van der Waals surface area contributed by atoms with Crippen LogP contribution in [0.3, 0.4) is 0 Å². The molecule has 11 aromatic rings. The maximum Gasteiger partial charge on any atom is 0.165 e. The van der Waals surface area contributed by atoms with Gasteiger partial charge in [-0.25, -0.2) is 29.9 Å². The molecular weight excluding hydrogens is 689 g/mol. The summed E-state index contributed by atoms with van der Waals surface area (Å²) in [6.45, 7) is 0. The minimum absolute atomic E-state index is 0.579. The minimum Gasteiger partial charge on any atom is -0.324 e. The summed E-state index contributed by atoms with van der Waals surface area (Å²) in [6, 6.07) is 50.4. The van der Waals surface area contributed by atoms with Crippen LogP contribution in [-0.2, 0) is 0 Å². The van der Waals surface area contributed by atoms with Crippen LogP contribution in [0.5, 0.6) is 0 Å². The van der Waals surface area contributed by atoms with E-state index in [4.69, 9.17) is 29.9 Å². The Kier molecular flexibility index (Phi) is 5.74. The molecule has 258 valence electrons. The molecule has 0 radical (unpaired) electrons. The van der Waals surface area contributed by atoms with Gasteiger partial charge in [0, 0.05) is 43.8 Å². The number of nitrogens with zero attached hydrogens (tertiary/aromatic N) is 6. The summed E-state index contributed by atoms with van der Waals surface area (Å²) >= 11 is 0. The van der Waals surface area contributed by atoms with Crippen LogP contribution in [0.15, 0.2) is 146 Å². The number of hydrogen-bond donors (Lipinski definition) is 2. The largest absolute Gasteiger partial charge is 0.324 e. The van der Waals surface area contributed by atoms with Gasteiger partial charge in [-0.15, -0.1) is 0 Å². The third-order valence-corrected chi connectivity index (χ3v) is 11.4. The first-order valence-corrected chi connectivity index (χ1v) is 18.6. The van der Waals surface area contributed by atoms with Crippen molar-refractivity contribution < 1.29 is 0 Å². The summed E-state index contributed by atoms with van der Waals surface area (Å²) in [6.07, 6.45) is 0. The fraction of sp³-hybridized carbons (Fsp3) is 0. The summed E-state index contributed by atoms with van der Waals surface area (Å²) in [5.41, 5.74) is 6.40. The zero-order valence-electron chi connectivity index (χ0n) is 29.5. The van der Waals surface area contributed by atoms with E-state index in [0.717, 1.165) is 86.9 Å². The number of hydrogen-bond acceptors (Lipinski definition) is 6. The lowest BCUT2D eigenvalue weighted by Crippen LogP contribution is -1.88. The molecule has 0 aliphatic carbocycles. The van der Waals surface area contributed by atoms with E-state index < -0.39 is 0 Å². The summed E-state index contributed by atoms with van der Waals surface area (Å²) in [4.78, 5) is 39.2. The topological polar surface area (TPSA) is 109 Å². The van der Waals surface area contributed by atoms with Crippen molar-refractivity contribution in [2.75, 3.05) is 0 Å². The number of aromatic nitrogens is 8. The van der Waals surface area contributed by atoms with E-state index in [1.54, 1.807) is 0 Å². The molecule has 2 N–H and O–H groups in total. The van der Waals surface area contributed by atoms with E-state index in [1.807, 2.05) is 24.3 Å². The highest BCUT2D eigenvalue weighted by Gasteiger charge is 2.27. The lowest BCUT2D eigenvalue weighted by Gasteiger charge is -2.11. The van der Waals surface area contributed by atoms with Crippen molar-refractivity contribution in [3.05, 3.63) is 146 Å². The van der Waals surface area contributed by atoms with Gasteiger partial charge in [0.05, 0.1) is 0 Å². The number of fused-ring (bicyclic) bond motifs is 30. The molecule has 0 saturated carbocycles. The Hall–Kier alpha value is -7.84. The molecule has 8 heteroatoms. The van der Waals surface area contributed by atoms with Crippen LogP contribution in [0.4, 0.5) is 0 Å². The highest BCUT2D eigenvalue weighted by atomic mass is 15.1. The maximum atomic E-state index is 5.53. The summed E-state index contributed by atoms with van der Waals surface area (Å²) < 4.78 is 0. The predicted octanol–water partition coefficient (Wildman–Crippen LogP) is 11.5. The highest BCUT2D eigenvalue weighted by molar-refractivity contribution is 6.32. The monoisotopic (exact) mass is 714 g/mol. The first kappa shape index (κ1) is 29.6. The molecule has 0 amide bonds. The first-order chi connectivity index (χ1) is 27.8.